The highest BCUT2D eigenvalue weighted by atomic mass is 35.5. The maximum atomic E-state index is 6.46. The molecule has 4 heterocycles. The lowest BCUT2D eigenvalue weighted by atomic mass is 9.88. The number of hydrogen-bond donors (Lipinski definition) is 0. The second-order valence-corrected chi connectivity index (χ2v) is 11.8. The number of halogens is 1. The van der Waals surface area contributed by atoms with E-state index in [1.165, 1.54) is 37.9 Å². The van der Waals surface area contributed by atoms with Gasteiger partial charge >= 0.3 is 0 Å². The fourth-order valence-corrected chi connectivity index (χ4v) is 7.42. The van der Waals surface area contributed by atoms with Crippen molar-refractivity contribution in [3.8, 4) is 5.69 Å². The van der Waals surface area contributed by atoms with Crippen molar-refractivity contribution in [3.63, 3.8) is 0 Å². The number of para-hydroxylation sites is 2. The van der Waals surface area contributed by atoms with E-state index in [1.54, 1.807) is 5.57 Å². The molecule has 0 bridgehead atoms. The molecule has 38 heavy (non-hydrogen) atoms. The van der Waals surface area contributed by atoms with Crippen LogP contribution in [-0.2, 0) is 6.54 Å². The molecule has 0 unspecified atom stereocenters. The molecule has 192 valence electrons. The molecule has 0 N–H and O–H groups in total. The molecule has 1 fully saturated rings. The van der Waals surface area contributed by atoms with E-state index in [0.717, 1.165) is 68.7 Å². The molecular weight excluding hydrogens is 510 g/mol. The van der Waals surface area contributed by atoms with Gasteiger partial charge < -0.3 is 9.80 Å². The molecule has 1 aromatic heterocycles. The van der Waals surface area contributed by atoms with Crippen LogP contribution in [0.5, 0.6) is 0 Å². The van der Waals surface area contributed by atoms with Crippen molar-refractivity contribution in [3.05, 3.63) is 100 Å². The second kappa shape index (κ2) is 9.92. The van der Waals surface area contributed by atoms with Crippen LogP contribution < -0.4 is 4.90 Å². The highest BCUT2D eigenvalue weighted by Gasteiger charge is 2.27. The Morgan fingerprint density at radius 3 is 2.47 bits per heavy atom. The SMILES string of the molecule is Cc1nnc2n1-c1ccccc1N(CCCN1CCC(=C3c4ccccc4Sc4ccc(Cl)cc43)CC1)C2. The van der Waals surface area contributed by atoms with Gasteiger partial charge in [-0.3, -0.25) is 4.57 Å². The Morgan fingerprint density at radius 1 is 0.842 bits per heavy atom. The number of aryl methyl sites for hydroxylation is 1. The second-order valence-electron chi connectivity index (χ2n) is 10.3. The van der Waals surface area contributed by atoms with Gasteiger partial charge in [0.25, 0.3) is 0 Å². The summed E-state index contributed by atoms with van der Waals surface area (Å²) in [5.41, 5.74) is 8.12. The van der Waals surface area contributed by atoms with Crippen LogP contribution in [0.15, 0.2) is 82.1 Å². The number of rotatable bonds is 4. The van der Waals surface area contributed by atoms with Crippen LogP contribution in [0.4, 0.5) is 5.69 Å². The Hall–Kier alpha value is -3.06. The Labute approximate surface area is 233 Å². The van der Waals surface area contributed by atoms with Crippen LogP contribution in [0.2, 0.25) is 5.02 Å². The molecule has 3 aliphatic heterocycles. The van der Waals surface area contributed by atoms with Crippen molar-refractivity contribution >= 4 is 34.6 Å². The fourth-order valence-electron chi connectivity index (χ4n) is 6.17. The molecule has 0 spiro atoms. The molecule has 1 saturated heterocycles. The molecule has 7 rings (SSSR count). The van der Waals surface area contributed by atoms with Crippen LogP contribution in [0, 0.1) is 6.92 Å². The summed E-state index contributed by atoms with van der Waals surface area (Å²) in [6.45, 7) is 7.18. The van der Waals surface area contributed by atoms with Gasteiger partial charge in [-0.2, -0.15) is 0 Å². The number of aromatic nitrogens is 3. The molecule has 0 amide bonds. The average Bonchev–Trinajstić information content (AvgIpc) is 3.33. The Balaban J connectivity index is 1.04. The number of benzene rings is 3. The molecule has 3 aromatic carbocycles. The lowest BCUT2D eigenvalue weighted by molar-refractivity contribution is 0.254. The van der Waals surface area contributed by atoms with Gasteiger partial charge in [0.1, 0.15) is 5.82 Å². The van der Waals surface area contributed by atoms with Crippen molar-refractivity contribution < 1.29 is 0 Å². The normalized spacial score (nSPS) is 16.6. The highest BCUT2D eigenvalue weighted by Crippen LogP contribution is 2.48. The topological polar surface area (TPSA) is 37.2 Å². The third-order valence-electron chi connectivity index (χ3n) is 7.99. The largest absolute Gasteiger partial charge is 0.362 e. The van der Waals surface area contributed by atoms with Gasteiger partial charge in [0, 0.05) is 34.4 Å². The summed E-state index contributed by atoms with van der Waals surface area (Å²) in [5, 5.41) is 9.58. The third kappa shape index (κ3) is 4.25. The third-order valence-corrected chi connectivity index (χ3v) is 9.38. The van der Waals surface area contributed by atoms with Gasteiger partial charge in [-0.1, -0.05) is 59.3 Å². The predicted octanol–water partition coefficient (Wildman–Crippen LogP) is 7.00. The monoisotopic (exact) mass is 539 g/mol. The minimum absolute atomic E-state index is 0.812. The van der Waals surface area contributed by atoms with Crippen LogP contribution >= 0.6 is 23.4 Å². The number of hydrogen-bond acceptors (Lipinski definition) is 5. The van der Waals surface area contributed by atoms with Crippen LogP contribution in [0.25, 0.3) is 11.3 Å². The summed E-state index contributed by atoms with van der Waals surface area (Å²) >= 11 is 8.32. The Kier molecular flexibility index (Phi) is 6.27. The lowest BCUT2D eigenvalue weighted by Crippen LogP contribution is -2.36. The van der Waals surface area contributed by atoms with Crippen LogP contribution in [0.3, 0.4) is 0 Å². The van der Waals surface area contributed by atoms with E-state index in [2.05, 4.69) is 85.2 Å². The van der Waals surface area contributed by atoms with Crippen LogP contribution in [-0.4, -0.2) is 45.8 Å². The molecule has 3 aliphatic rings. The molecule has 7 heteroatoms. The summed E-state index contributed by atoms with van der Waals surface area (Å²) in [6, 6.07) is 23.8. The number of piperidine rings is 1. The van der Waals surface area contributed by atoms with Crippen molar-refractivity contribution in [1.29, 1.82) is 0 Å². The number of fused-ring (bicyclic) bond motifs is 5. The zero-order valence-electron chi connectivity index (χ0n) is 21.5. The first-order valence-corrected chi connectivity index (χ1v) is 14.6. The van der Waals surface area contributed by atoms with Crippen molar-refractivity contribution in [1.82, 2.24) is 19.7 Å². The minimum Gasteiger partial charge on any atom is -0.362 e. The number of anilines is 1. The van der Waals surface area contributed by atoms with E-state index < -0.39 is 0 Å². The highest BCUT2D eigenvalue weighted by molar-refractivity contribution is 7.99. The molecule has 5 nitrogen and oxygen atoms in total. The molecule has 0 atom stereocenters. The van der Waals surface area contributed by atoms with Gasteiger partial charge in [0.15, 0.2) is 5.82 Å². The van der Waals surface area contributed by atoms with E-state index in [1.807, 2.05) is 24.8 Å². The maximum Gasteiger partial charge on any atom is 0.157 e. The Morgan fingerprint density at radius 2 is 1.61 bits per heavy atom. The van der Waals surface area contributed by atoms with E-state index in [4.69, 9.17) is 11.6 Å². The number of nitrogens with zero attached hydrogens (tertiary/aromatic N) is 5. The summed E-state index contributed by atoms with van der Waals surface area (Å²) < 4.78 is 2.19. The zero-order valence-corrected chi connectivity index (χ0v) is 23.1. The molecule has 0 radical (unpaired) electrons. The first-order chi connectivity index (χ1) is 18.7. The predicted molar refractivity (Wildman–Crippen MR) is 155 cm³/mol. The lowest BCUT2D eigenvalue weighted by Gasteiger charge is -2.34. The van der Waals surface area contributed by atoms with Gasteiger partial charge in [0.2, 0.25) is 0 Å². The van der Waals surface area contributed by atoms with Gasteiger partial charge in [-0.25, -0.2) is 0 Å². The van der Waals surface area contributed by atoms with Gasteiger partial charge in [-0.15, -0.1) is 10.2 Å². The van der Waals surface area contributed by atoms with E-state index in [9.17, 15) is 0 Å². The van der Waals surface area contributed by atoms with Crippen molar-refractivity contribution in [2.75, 3.05) is 31.1 Å². The van der Waals surface area contributed by atoms with E-state index in [0.29, 0.717) is 0 Å². The van der Waals surface area contributed by atoms with E-state index >= 15 is 0 Å². The molecule has 0 saturated carbocycles. The molecule has 4 aromatic rings. The smallest absolute Gasteiger partial charge is 0.157 e. The van der Waals surface area contributed by atoms with Crippen molar-refractivity contribution in [2.45, 2.75) is 42.5 Å². The number of likely N-dealkylation sites (tertiary alicyclic amines) is 1. The first-order valence-electron chi connectivity index (χ1n) is 13.4. The Bertz CT molecular complexity index is 1550. The summed E-state index contributed by atoms with van der Waals surface area (Å²) in [4.78, 5) is 7.76. The molecular formula is C31H30ClN5S. The fraction of sp³-hybridized carbons (Fsp3) is 0.290. The van der Waals surface area contributed by atoms with Crippen molar-refractivity contribution in [2.24, 2.45) is 0 Å². The summed E-state index contributed by atoms with van der Waals surface area (Å²) in [5.74, 6) is 1.98. The summed E-state index contributed by atoms with van der Waals surface area (Å²) in [6.07, 6.45) is 3.34. The van der Waals surface area contributed by atoms with Crippen LogP contribution in [0.1, 0.15) is 42.0 Å². The minimum atomic E-state index is 0.812. The molecule has 0 aliphatic carbocycles. The maximum absolute atomic E-state index is 6.46. The van der Waals surface area contributed by atoms with E-state index in [-0.39, 0.29) is 0 Å². The van der Waals surface area contributed by atoms with Gasteiger partial charge in [-0.05, 0) is 85.8 Å². The zero-order chi connectivity index (χ0) is 25.6. The van der Waals surface area contributed by atoms with Gasteiger partial charge in [0.05, 0.1) is 17.9 Å². The average molecular weight is 540 g/mol. The standard InChI is InChI=1S/C31H30ClN5S/c1-21-33-34-30-20-36(26-8-3-4-9-27(26)37(21)30)16-6-15-35-17-13-22(14-18-35)31-24-7-2-5-10-28(24)38-29-12-11-23(32)19-25(29)31/h2-5,7-12,19H,6,13-18,20H2,1H3. The summed E-state index contributed by atoms with van der Waals surface area (Å²) in [7, 11) is 0. The first kappa shape index (κ1) is 24.0. The quantitative estimate of drug-likeness (QED) is 0.246.